The van der Waals surface area contributed by atoms with Crippen molar-refractivity contribution >= 4 is 39.3 Å². The lowest BCUT2D eigenvalue weighted by molar-refractivity contribution is -0.119. The normalized spacial score (nSPS) is 11.8. The highest BCUT2D eigenvalue weighted by Crippen LogP contribution is 2.31. The van der Waals surface area contributed by atoms with Gasteiger partial charge in [-0.15, -0.1) is 16.2 Å². The summed E-state index contributed by atoms with van der Waals surface area (Å²) in [4.78, 5) is 32.1. The first kappa shape index (κ1) is 12.8. The molecule has 1 aromatic heterocycles. The molecule has 0 unspecified atom stereocenters. The molecule has 0 aliphatic carbocycles. The Bertz CT molecular complexity index is 420. The summed E-state index contributed by atoms with van der Waals surface area (Å²) in [5, 5.41) is 2.24. The van der Waals surface area contributed by atoms with E-state index in [0.717, 1.165) is 3.79 Å². The molecule has 8 heteroatoms. The highest BCUT2D eigenvalue weighted by atomic mass is 79.9. The van der Waals surface area contributed by atoms with Crippen LogP contribution in [0.2, 0.25) is 0 Å². The minimum absolute atomic E-state index is 0.306. The zero-order valence-corrected chi connectivity index (χ0v) is 10.3. The number of primary amides is 1. The third kappa shape index (κ3) is 3.70. The van der Waals surface area contributed by atoms with E-state index in [2.05, 4.69) is 21.1 Å². The van der Waals surface area contributed by atoms with E-state index in [4.69, 9.17) is 10.5 Å². The molecule has 1 atom stereocenters. The topological polar surface area (TPSA) is 98.8 Å². The Kier molecular flexibility index (Phi) is 4.56. The van der Waals surface area contributed by atoms with Gasteiger partial charge in [0, 0.05) is 10.1 Å². The molecule has 0 radical (unpaired) electrons. The van der Waals surface area contributed by atoms with Crippen molar-refractivity contribution < 1.29 is 14.3 Å². The molecule has 0 aliphatic rings. The third-order valence-electron chi connectivity index (χ3n) is 1.63. The Hall–Kier alpha value is -1.28. The van der Waals surface area contributed by atoms with Gasteiger partial charge in [-0.2, -0.15) is 0 Å². The Morgan fingerprint density at radius 3 is 2.69 bits per heavy atom. The molecule has 86 valence electrons. The Morgan fingerprint density at radius 1 is 1.56 bits per heavy atom. The lowest BCUT2D eigenvalue weighted by Crippen LogP contribution is -2.18. The zero-order chi connectivity index (χ0) is 12.1. The molecule has 0 saturated carbocycles. The first-order chi connectivity index (χ1) is 7.52. The molecule has 16 heavy (non-hydrogen) atoms. The van der Waals surface area contributed by atoms with Crippen LogP contribution in [-0.4, -0.2) is 12.0 Å². The number of halogens is 1. The van der Waals surface area contributed by atoms with Crippen LogP contribution in [0.3, 0.4) is 0 Å². The number of carbonyl (C=O) groups excluding carboxylic acids is 2. The standard InChI is InChI=1S/C8H7BrN2O4S/c9-6-2-1-5(16-6)4(15-8(10)13)3-7(12)11-14/h1-2,4H,3H2,(H2,10,13)/t4-/m1/s1. The van der Waals surface area contributed by atoms with Crippen molar-refractivity contribution in [1.29, 1.82) is 0 Å². The first-order valence-corrected chi connectivity index (χ1v) is 5.71. The monoisotopic (exact) mass is 306 g/mol. The third-order valence-corrected chi connectivity index (χ3v) is 3.35. The maximum absolute atomic E-state index is 10.9. The van der Waals surface area contributed by atoms with Gasteiger partial charge in [0.25, 0.3) is 5.91 Å². The fourth-order valence-corrected chi connectivity index (χ4v) is 2.49. The highest BCUT2D eigenvalue weighted by Gasteiger charge is 2.21. The second-order valence-corrected chi connectivity index (χ2v) is 5.25. The minimum atomic E-state index is -1.01. The van der Waals surface area contributed by atoms with Crippen LogP contribution in [0.15, 0.2) is 21.1 Å². The van der Waals surface area contributed by atoms with Gasteiger partial charge in [-0.05, 0) is 28.1 Å². The van der Waals surface area contributed by atoms with Gasteiger partial charge < -0.3 is 10.5 Å². The molecular formula is C8H7BrN2O4S. The van der Waals surface area contributed by atoms with Crippen LogP contribution in [0.4, 0.5) is 4.79 Å². The molecule has 0 aliphatic heterocycles. The highest BCUT2D eigenvalue weighted by molar-refractivity contribution is 9.11. The molecule has 0 spiro atoms. The summed E-state index contributed by atoms with van der Waals surface area (Å²) in [7, 11) is 0. The van der Waals surface area contributed by atoms with Crippen LogP contribution < -0.4 is 5.73 Å². The second kappa shape index (κ2) is 5.71. The number of nitroso groups, excluding NO2 is 1. The van der Waals surface area contributed by atoms with Gasteiger partial charge in [-0.1, -0.05) is 0 Å². The van der Waals surface area contributed by atoms with Crippen molar-refractivity contribution in [3.8, 4) is 0 Å². The van der Waals surface area contributed by atoms with Crippen molar-refractivity contribution in [2.24, 2.45) is 10.9 Å². The summed E-state index contributed by atoms with van der Waals surface area (Å²) < 4.78 is 5.54. The lowest BCUT2D eigenvalue weighted by atomic mass is 10.2. The van der Waals surface area contributed by atoms with Gasteiger partial charge in [0.05, 0.1) is 10.2 Å². The molecule has 0 bridgehead atoms. The number of carbonyl (C=O) groups is 2. The van der Waals surface area contributed by atoms with Crippen molar-refractivity contribution in [3.05, 3.63) is 25.7 Å². The van der Waals surface area contributed by atoms with Gasteiger partial charge >= 0.3 is 6.09 Å². The number of hydrogen-bond donors (Lipinski definition) is 1. The smallest absolute Gasteiger partial charge is 0.405 e. The lowest BCUT2D eigenvalue weighted by Gasteiger charge is -2.12. The van der Waals surface area contributed by atoms with E-state index in [-0.39, 0.29) is 6.42 Å². The van der Waals surface area contributed by atoms with Crippen molar-refractivity contribution in [1.82, 2.24) is 0 Å². The van der Waals surface area contributed by atoms with Crippen LogP contribution >= 0.6 is 27.3 Å². The van der Waals surface area contributed by atoms with Gasteiger partial charge in [0.15, 0.2) is 0 Å². The predicted molar refractivity (Wildman–Crippen MR) is 60.8 cm³/mol. The summed E-state index contributed by atoms with van der Waals surface area (Å²) in [6.45, 7) is 0. The maximum atomic E-state index is 10.9. The van der Waals surface area contributed by atoms with E-state index in [9.17, 15) is 14.5 Å². The van der Waals surface area contributed by atoms with Crippen molar-refractivity contribution in [2.75, 3.05) is 0 Å². The van der Waals surface area contributed by atoms with Crippen molar-refractivity contribution in [3.63, 3.8) is 0 Å². The number of nitrogens with zero attached hydrogens (tertiary/aromatic N) is 1. The fourth-order valence-electron chi connectivity index (χ4n) is 1.04. The quantitative estimate of drug-likeness (QED) is 0.863. The molecule has 6 nitrogen and oxygen atoms in total. The van der Waals surface area contributed by atoms with E-state index in [1.807, 2.05) is 0 Å². The van der Waals surface area contributed by atoms with Crippen LogP contribution in [-0.2, 0) is 9.53 Å². The molecule has 0 aromatic carbocycles. The van der Waals surface area contributed by atoms with Gasteiger partial charge in [-0.25, -0.2) is 4.79 Å². The summed E-state index contributed by atoms with van der Waals surface area (Å²) in [6, 6.07) is 3.40. The molecule has 1 rings (SSSR count). The summed E-state index contributed by atoms with van der Waals surface area (Å²) in [5.41, 5.74) is 4.87. The van der Waals surface area contributed by atoms with Crippen LogP contribution in [0, 0.1) is 4.91 Å². The Morgan fingerprint density at radius 2 is 2.25 bits per heavy atom. The summed E-state index contributed by atoms with van der Waals surface area (Å²) in [6.07, 6.45) is -2.17. The largest absolute Gasteiger partial charge is 0.440 e. The SMILES string of the molecule is NC(=O)O[C@H](CC(=O)N=O)c1ccc(Br)s1. The van der Waals surface area contributed by atoms with Crippen molar-refractivity contribution in [2.45, 2.75) is 12.5 Å². The van der Waals surface area contributed by atoms with E-state index in [1.54, 1.807) is 12.1 Å². The number of thiophene rings is 1. The van der Waals surface area contributed by atoms with E-state index in [0.29, 0.717) is 4.88 Å². The van der Waals surface area contributed by atoms with Gasteiger partial charge in [0.1, 0.15) is 6.10 Å². The number of hydrogen-bond acceptors (Lipinski definition) is 5. The minimum Gasteiger partial charge on any atom is -0.440 e. The van der Waals surface area contributed by atoms with E-state index >= 15 is 0 Å². The number of amides is 2. The van der Waals surface area contributed by atoms with E-state index in [1.165, 1.54) is 11.3 Å². The van der Waals surface area contributed by atoms with E-state index < -0.39 is 18.1 Å². The average Bonchev–Trinajstić information content (AvgIpc) is 2.63. The molecular weight excluding hydrogens is 300 g/mol. The fraction of sp³-hybridized carbons (Fsp3) is 0.250. The maximum Gasteiger partial charge on any atom is 0.405 e. The zero-order valence-electron chi connectivity index (χ0n) is 7.88. The Balaban J connectivity index is 2.82. The van der Waals surface area contributed by atoms with Crippen LogP contribution in [0.25, 0.3) is 0 Å². The number of rotatable bonds is 4. The number of nitrogens with two attached hydrogens (primary N) is 1. The molecule has 1 heterocycles. The molecule has 1 aromatic rings. The Labute approximate surface area is 103 Å². The molecule has 0 saturated heterocycles. The molecule has 2 N–H and O–H groups in total. The average molecular weight is 307 g/mol. The number of ether oxygens (including phenoxy) is 1. The van der Waals surface area contributed by atoms with Crippen LogP contribution in [0.1, 0.15) is 17.4 Å². The summed E-state index contributed by atoms with van der Waals surface area (Å²) in [5.74, 6) is -0.893. The molecule has 0 fully saturated rings. The van der Waals surface area contributed by atoms with Gasteiger partial charge in [-0.3, -0.25) is 4.79 Å². The van der Waals surface area contributed by atoms with Crippen LogP contribution in [0.5, 0.6) is 0 Å². The van der Waals surface area contributed by atoms with Gasteiger partial charge in [0.2, 0.25) is 0 Å². The summed E-state index contributed by atoms with van der Waals surface area (Å²) >= 11 is 4.50. The first-order valence-electron chi connectivity index (χ1n) is 4.10. The predicted octanol–water partition coefficient (Wildman–Crippen LogP) is 2.33. The molecule has 2 amide bonds. The second-order valence-electron chi connectivity index (χ2n) is 2.76.